The third-order valence-corrected chi connectivity index (χ3v) is 1.27. The minimum atomic E-state index is -0.480. The molecule has 0 aromatic heterocycles. The zero-order valence-corrected chi connectivity index (χ0v) is 5.93. The van der Waals surface area contributed by atoms with Gasteiger partial charge in [-0.05, 0) is 18.2 Å². The summed E-state index contributed by atoms with van der Waals surface area (Å²) in [5.74, 6) is -0.419. The molecule has 1 radical (unpaired) electrons. The molecule has 0 bridgehead atoms. The Morgan fingerprint density at radius 2 is 2.27 bits per heavy atom. The van der Waals surface area contributed by atoms with E-state index in [0.29, 0.717) is 0 Å². The highest BCUT2D eigenvalue weighted by atomic mass is 19.1. The van der Waals surface area contributed by atoms with Crippen LogP contribution in [0.2, 0.25) is 0 Å². The predicted octanol–water partition coefficient (Wildman–Crippen LogP) is 1.29. The summed E-state index contributed by atoms with van der Waals surface area (Å²) in [7, 11) is 1.34. The second kappa shape index (κ2) is 3.14. The van der Waals surface area contributed by atoms with Crippen LogP contribution in [-0.4, -0.2) is 13.4 Å². The quantitative estimate of drug-likeness (QED) is 0.640. The fourth-order valence-corrected chi connectivity index (χ4v) is 0.723. The zero-order valence-electron chi connectivity index (χ0n) is 5.93. The number of benzene rings is 1. The van der Waals surface area contributed by atoms with Crippen molar-refractivity contribution in [2.45, 2.75) is 0 Å². The number of halogens is 1. The van der Waals surface area contributed by atoms with Crippen molar-refractivity contribution in [2.24, 2.45) is 0 Å². The molecule has 0 aliphatic heterocycles. The van der Waals surface area contributed by atoms with E-state index in [4.69, 9.17) is 0 Å². The van der Waals surface area contributed by atoms with Gasteiger partial charge in [-0.25, -0.2) is 4.39 Å². The summed E-state index contributed by atoms with van der Waals surface area (Å²) in [4.78, 5) is 10.1. The molecule has 2 nitrogen and oxygen atoms in total. The van der Waals surface area contributed by atoms with Gasteiger partial charge in [-0.2, -0.15) is 0 Å². The monoisotopic (exact) mass is 153 g/mol. The van der Waals surface area contributed by atoms with Crippen LogP contribution in [0.25, 0.3) is 0 Å². The van der Waals surface area contributed by atoms with Crippen molar-refractivity contribution in [2.75, 3.05) is 7.11 Å². The van der Waals surface area contributed by atoms with Gasteiger partial charge in [0.15, 0.2) is 11.6 Å². The maximum atomic E-state index is 12.7. The highest BCUT2D eigenvalue weighted by molar-refractivity contribution is 5.75. The average molecular weight is 153 g/mol. The molecule has 0 saturated heterocycles. The molecule has 0 unspecified atom stereocenters. The van der Waals surface area contributed by atoms with Gasteiger partial charge in [0, 0.05) is 5.56 Å². The molecule has 3 heteroatoms. The first-order valence-corrected chi connectivity index (χ1v) is 2.99. The molecule has 1 rings (SSSR count). The van der Waals surface area contributed by atoms with Gasteiger partial charge in [0.2, 0.25) is 6.29 Å². The summed E-state index contributed by atoms with van der Waals surface area (Å²) < 4.78 is 17.3. The van der Waals surface area contributed by atoms with E-state index in [1.54, 1.807) is 6.29 Å². The van der Waals surface area contributed by atoms with Crippen LogP contribution in [0.1, 0.15) is 5.56 Å². The number of rotatable bonds is 2. The van der Waals surface area contributed by atoms with Crippen molar-refractivity contribution in [3.63, 3.8) is 0 Å². The average Bonchev–Trinajstić information content (AvgIpc) is 2.05. The molecule has 0 atom stereocenters. The lowest BCUT2D eigenvalue weighted by atomic mass is 10.2. The first-order chi connectivity index (χ1) is 5.27. The molecule has 0 aliphatic rings. The Labute approximate surface area is 63.6 Å². The SMILES string of the molecule is COc1cc([C]=O)ccc1F. The van der Waals surface area contributed by atoms with Crippen molar-refractivity contribution in [3.8, 4) is 5.75 Å². The van der Waals surface area contributed by atoms with Gasteiger partial charge in [-0.15, -0.1) is 0 Å². The van der Waals surface area contributed by atoms with Crippen LogP contribution >= 0.6 is 0 Å². The molecule has 1 aromatic rings. The minimum Gasteiger partial charge on any atom is -0.494 e. The van der Waals surface area contributed by atoms with Gasteiger partial charge in [-0.3, -0.25) is 4.79 Å². The predicted molar refractivity (Wildman–Crippen MR) is 37.7 cm³/mol. The van der Waals surface area contributed by atoms with Crippen LogP contribution in [0, 0.1) is 5.82 Å². The van der Waals surface area contributed by atoms with Crippen LogP contribution in [0.3, 0.4) is 0 Å². The van der Waals surface area contributed by atoms with Crippen molar-refractivity contribution in [1.82, 2.24) is 0 Å². The fourth-order valence-electron chi connectivity index (χ4n) is 0.723. The number of methoxy groups -OCH3 is 1. The van der Waals surface area contributed by atoms with Gasteiger partial charge in [-0.1, -0.05) is 0 Å². The molecule has 57 valence electrons. The summed E-state index contributed by atoms with van der Waals surface area (Å²) in [6, 6.07) is 3.80. The van der Waals surface area contributed by atoms with Crippen LogP contribution in [0.5, 0.6) is 5.75 Å². The maximum Gasteiger partial charge on any atom is 0.233 e. The molecule has 0 amide bonds. The van der Waals surface area contributed by atoms with Crippen LogP contribution < -0.4 is 4.74 Å². The van der Waals surface area contributed by atoms with E-state index < -0.39 is 5.82 Å². The van der Waals surface area contributed by atoms with Crippen molar-refractivity contribution < 1.29 is 13.9 Å². The van der Waals surface area contributed by atoms with E-state index in [9.17, 15) is 9.18 Å². The second-order valence-electron chi connectivity index (χ2n) is 1.95. The van der Waals surface area contributed by atoms with Gasteiger partial charge < -0.3 is 4.74 Å². The van der Waals surface area contributed by atoms with E-state index in [1.807, 2.05) is 0 Å². The van der Waals surface area contributed by atoms with Gasteiger partial charge in [0.05, 0.1) is 7.11 Å². The van der Waals surface area contributed by atoms with Gasteiger partial charge in [0.1, 0.15) is 0 Å². The first-order valence-electron chi connectivity index (χ1n) is 2.99. The van der Waals surface area contributed by atoms with Crippen molar-refractivity contribution >= 4 is 6.29 Å². The lowest BCUT2D eigenvalue weighted by molar-refractivity contribution is 0.386. The number of ether oxygens (including phenoxy) is 1. The number of hydrogen-bond donors (Lipinski definition) is 0. The molecule has 0 spiro atoms. The minimum absolute atomic E-state index is 0.0610. The maximum absolute atomic E-state index is 12.7. The third kappa shape index (κ3) is 1.55. The molecule has 0 N–H and O–H groups in total. The second-order valence-corrected chi connectivity index (χ2v) is 1.95. The lowest BCUT2D eigenvalue weighted by Gasteiger charge is -1.99. The summed E-state index contributed by atoms with van der Waals surface area (Å²) in [5.41, 5.74) is 0.281. The molecular weight excluding hydrogens is 147 g/mol. The number of hydrogen-bond acceptors (Lipinski definition) is 2. The van der Waals surface area contributed by atoms with Crippen LogP contribution in [0.4, 0.5) is 4.39 Å². The van der Waals surface area contributed by atoms with Gasteiger partial charge >= 0.3 is 0 Å². The van der Waals surface area contributed by atoms with Crippen molar-refractivity contribution in [3.05, 3.63) is 29.6 Å². The fraction of sp³-hybridized carbons (Fsp3) is 0.125. The lowest BCUT2D eigenvalue weighted by Crippen LogP contribution is -1.89. The Kier molecular flexibility index (Phi) is 2.21. The Balaban J connectivity index is 3.12. The largest absolute Gasteiger partial charge is 0.494 e. The van der Waals surface area contributed by atoms with E-state index in [2.05, 4.69) is 4.74 Å². The molecule has 0 saturated carbocycles. The van der Waals surface area contributed by atoms with Gasteiger partial charge in [0.25, 0.3) is 0 Å². The third-order valence-electron chi connectivity index (χ3n) is 1.27. The molecule has 0 heterocycles. The Bertz CT molecular complexity index is 271. The van der Waals surface area contributed by atoms with Crippen LogP contribution in [0.15, 0.2) is 18.2 Å². The highest BCUT2D eigenvalue weighted by Gasteiger charge is 2.01. The van der Waals surface area contributed by atoms with Crippen LogP contribution in [-0.2, 0) is 4.79 Å². The first kappa shape index (κ1) is 7.72. The van der Waals surface area contributed by atoms with E-state index in [1.165, 1.54) is 25.3 Å². The Morgan fingerprint density at radius 3 is 2.82 bits per heavy atom. The number of carbonyl (C=O) groups excluding carboxylic acids is 1. The van der Waals surface area contributed by atoms with E-state index in [-0.39, 0.29) is 11.3 Å². The summed E-state index contributed by atoms with van der Waals surface area (Å²) in [5, 5.41) is 0. The molecular formula is C8H6FO2. The topological polar surface area (TPSA) is 26.3 Å². The standard InChI is InChI=1S/C8H6FO2/c1-11-8-4-6(5-10)2-3-7(8)9/h2-4H,1H3. The summed E-state index contributed by atoms with van der Waals surface area (Å²) >= 11 is 0. The highest BCUT2D eigenvalue weighted by Crippen LogP contribution is 2.16. The molecule has 0 aliphatic carbocycles. The molecule has 11 heavy (non-hydrogen) atoms. The molecule has 1 aromatic carbocycles. The Hall–Kier alpha value is -1.38. The Morgan fingerprint density at radius 1 is 1.55 bits per heavy atom. The van der Waals surface area contributed by atoms with E-state index >= 15 is 0 Å². The smallest absolute Gasteiger partial charge is 0.233 e. The summed E-state index contributed by atoms with van der Waals surface area (Å²) in [6.07, 6.45) is 1.63. The summed E-state index contributed by atoms with van der Waals surface area (Å²) in [6.45, 7) is 0. The zero-order chi connectivity index (χ0) is 8.27. The molecule has 0 fully saturated rings. The van der Waals surface area contributed by atoms with Crippen molar-refractivity contribution in [1.29, 1.82) is 0 Å². The van der Waals surface area contributed by atoms with E-state index in [0.717, 1.165) is 0 Å². The normalized spacial score (nSPS) is 9.27.